The molecule has 2 amide bonds. The van der Waals surface area contributed by atoms with Crippen LogP contribution < -0.4 is 11.1 Å². The molecule has 0 spiro atoms. The van der Waals surface area contributed by atoms with Gasteiger partial charge in [0, 0.05) is 4.47 Å². The standard InChI is InChI=1S/C21H21BrN4O3/c1-13-11-18(26(25-13)16-9-7-15(22)8-10-16)21(29)24-17(19(27)20(23)28)12-14-5-3-2-4-6-14/h2-11,17,19,27H,12H2,1H3,(H2,23,28)(H,24,29)/t17-,19?/m0/s1. The van der Waals surface area contributed by atoms with E-state index in [1.54, 1.807) is 13.0 Å². The summed E-state index contributed by atoms with van der Waals surface area (Å²) in [6, 6.07) is 17.4. The molecule has 0 saturated carbocycles. The van der Waals surface area contributed by atoms with Gasteiger partial charge in [0.2, 0.25) is 5.91 Å². The number of carbonyl (C=O) groups excluding carboxylic acids is 2. The zero-order chi connectivity index (χ0) is 21.0. The Labute approximate surface area is 176 Å². The number of primary amides is 1. The second-order valence-electron chi connectivity index (χ2n) is 6.68. The molecule has 0 radical (unpaired) electrons. The molecule has 0 aliphatic rings. The van der Waals surface area contributed by atoms with E-state index in [-0.39, 0.29) is 6.42 Å². The van der Waals surface area contributed by atoms with Gasteiger partial charge in [-0.25, -0.2) is 4.68 Å². The first-order valence-corrected chi connectivity index (χ1v) is 9.79. The van der Waals surface area contributed by atoms with Crippen LogP contribution in [0.15, 0.2) is 65.1 Å². The van der Waals surface area contributed by atoms with Crippen LogP contribution in [-0.2, 0) is 11.2 Å². The molecule has 1 heterocycles. The van der Waals surface area contributed by atoms with Crippen molar-refractivity contribution in [2.75, 3.05) is 0 Å². The summed E-state index contributed by atoms with van der Waals surface area (Å²) < 4.78 is 2.43. The molecule has 0 saturated heterocycles. The second-order valence-corrected chi connectivity index (χ2v) is 7.59. The maximum atomic E-state index is 13.0. The summed E-state index contributed by atoms with van der Waals surface area (Å²) in [5, 5.41) is 17.4. The largest absolute Gasteiger partial charge is 0.381 e. The van der Waals surface area contributed by atoms with Crippen molar-refractivity contribution in [2.24, 2.45) is 5.73 Å². The third-order valence-electron chi connectivity index (χ3n) is 4.42. The highest BCUT2D eigenvalue weighted by Crippen LogP contribution is 2.17. The molecule has 2 aromatic carbocycles. The van der Waals surface area contributed by atoms with E-state index < -0.39 is 24.0 Å². The molecular weight excluding hydrogens is 436 g/mol. The Hall–Kier alpha value is -2.97. The molecule has 2 atom stereocenters. The number of halogens is 1. The second kappa shape index (κ2) is 9.02. The summed E-state index contributed by atoms with van der Waals surface area (Å²) in [4.78, 5) is 24.6. The molecule has 150 valence electrons. The Morgan fingerprint density at radius 3 is 2.45 bits per heavy atom. The lowest BCUT2D eigenvalue weighted by Gasteiger charge is -2.22. The number of nitrogens with one attached hydrogen (secondary N) is 1. The number of carbonyl (C=O) groups is 2. The van der Waals surface area contributed by atoms with Crippen LogP contribution in [0.5, 0.6) is 0 Å². The van der Waals surface area contributed by atoms with Crippen LogP contribution in [-0.4, -0.2) is 38.8 Å². The van der Waals surface area contributed by atoms with E-state index in [4.69, 9.17) is 5.73 Å². The first-order valence-electron chi connectivity index (χ1n) is 9.00. The molecule has 0 bridgehead atoms. The molecule has 8 heteroatoms. The normalized spacial score (nSPS) is 12.9. The van der Waals surface area contributed by atoms with E-state index >= 15 is 0 Å². The fourth-order valence-electron chi connectivity index (χ4n) is 2.99. The predicted molar refractivity (Wildman–Crippen MR) is 113 cm³/mol. The molecule has 1 unspecified atom stereocenters. The van der Waals surface area contributed by atoms with Crippen LogP contribution in [0.2, 0.25) is 0 Å². The minimum Gasteiger partial charge on any atom is -0.381 e. The quantitative estimate of drug-likeness (QED) is 0.505. The van der Waals surface area contributed by atoms with Gasteiger partial charge in [-0.3, -0.25) is 9.59 Å². The number of aliphatic hydroxyl groups excluding tert-OH is 1. The molecule has 1 aromatic heterocycles. The van der Waals surface area contributed by atoms with Crippen molar-refractivity contribution in [3.05, 3.63) is 82.1 Å². The SMILES string of the molecule is Cc1cc(C(=O)N[C@@H](Cc2ccccc2)C(O)C(N)=O)n(-c2ccc(Br)cc2)n1. The maximum absolute atomic E-state index is 13.0. The van der Waals surface area contributed by atoms with E-state index in [0.29, 0.717) is 17.1 Å². The first kappa shape index (κ1) is 20.8. The van der Waals surface area contributed by atoms with Gasteiger partial charge in [-0.1, -0.05) is 46.3 Å². The zero-order valence-electron chi connectivity index (χ0n) is 15.7. The van der Waals surface area contributed by atoms with Crippen molar-refractivity contribution in [1.29, 1.82) is 0 Å². The lowest BCUT2D eigenvalue weighted by Crippen LogP contribution is -2.50. The highest BCUT2D eigenvalue weighted by molar-refractivity contribution is 9.10. The number of rotatable bonds is 7. The summed E-state index contributed by atoms with van der Waals surface area (Å²) in [5.74, 6) is -1.36. The molecular formula is C21H21BrN4O3. The predicted octanol–water partition coefficient (Wildman–Crippen LogP) is 2.13. The number of nitrogens with zero attached hydrogens (tertiary/aromatic N) is 2. The fourth-order valence-corrected chi connectivity index (χ4v) is 3.25. The number of aromatic nitrogens is 2. The fraction of sp³-hybridized carbons (Fsp3) is 0.190. The first-order chi connectivity index (χ1) is 13.8. The van der Waals surface area contributed by atoms with Gasteiger partial charge < -0.3 is 16.2 Å². The maximum Gasteiger partial charge on any atom is 0.270 e. The molecule has 3 aromatic rings. The Morgan fingerprint density at radius 2 is 1.83 bits per heavy atom. The number of nitrogens with two attached hydrogens (primary N) is 1. The van der Waals surface area contributed by atoms with Gasteiger partial charge in [0.15, 0.2) is 6.10 Å². The zero-order valence-corrected chi connectivity index (χ0v) is 17.3. The van der Waals surface area contributed by atoms with Crippen LogP contribution in [0.4, 0.5) is 0 Å². The molecule has 4 N–H and O–H groups in total. The summed E-state index contributed by atoms with van der Waals surface area (Å²) in [7, 11) is 0. The van der Waals surface area contributed by atoms with Crippen molar-refractivity contribution in [2.45, 2.75) is 25.5 Å². The molecule has 0 fully saturated rings. The molecule has 0 aliphatic heterocycles. The van der Waals surface area contributed by atoms with Crippen LogP contribution in [0.3, 0.4) is 0 Å². The number of aliphatic hydroxyl groups is 1. The third kappa shape index (κ3) is 5.10. The lowest BCUT2D eigenvalue weighted by molar-refractivity contribution is -0.127. The monoisotopic (exact) mass is 456 g/mol. The van der Waals surface area contributed by atoms with Crippen LogP contribution in [0.25, 0.3) is 5.69 Å². The minimum absolute atomic E-state index is 0.252. The molecule has 3 rings (SSSR count). The van der Waals surface area contributed by atoms with E-state index in [1.165, 1.54) is 4.68 Å². The van der Waals surface area contributed by atoms with Gasteiger partial charge >= 0.3 is 0 Å². The Morgan fingerprint density at radius 1 is 1.17 bits per heavy atom. The van der Waals surface area contributed by atoms with Gasteiger partial charge in [0.1, 0.15) is 5.69 Å². The minimum atomic E-state index is -1.52. The van der Waals surface area contributed by atoms with Gasteiger partial charge in [-0.05, 0) is 49.2 Å². The number of benzene rings is 2. The highest BCUT2D eigenvalue weighted by Gasteiger charge is 2.28. The topological polar surface area (TPSA) is 110 Å². The van der Waals surface area contributed by atoms with Crippen molar-refractivity contribution in [3.8, 4) is 5.69 Å². The summed E-state index contributed by atoms with van der Waals surface area (Å²) in [6.45, 7) is 1.78. The molecule has 29 heavy (non-hydrogen) atoms. The van der Waals surface area contributed by atoms with Gasteiger partial charge in [-0.2, -0.15) is 5.10 Å². The summed E-state index contributed by atoms with van der Waals surface area (Å²) in [5.41, 5.74) is 7.80. The number of hydrogen-bond donors (Lipinski definition) is 3. The van der Waals surface area contributed by atoms with Crippen LogP contribution in [0, 0.1) is 6.92 Å². The number of aryl methyl sites for hydroxylation is 1. The smallest absolute Gasteiger partial charge is 0.270 e. The van der Waals surface area contributed by atoms with Crippen molar-refractivity contribution >= 4 is 27.7 Å². The average molecular weight is 457 g/mol. The molecule has 0 aliphatic carbocycles. The van der Waals surface area contributed by atoms with Gasteiger partial charge in [0.05, 0.1) is 17.4 Å². The van der Waals surface area contributed by atoms with E-state index in [9.17, 15) is 14.7 Å². The lowest BCUT2D eigenvalue weighted by atomic mass is 10.0. The highest BCUT2D eigenvalue weighted by atomic mass is 79.9. The van der Waals surface area contributed by atoms with Crippen LogP contribution in [0.1, 0.15) is 21.7 Å². The van der Waals surface area contributed by atoms with Crippen molar-refractivity contribution in [1.82, 2.24) is 15.1 Å². The number of hydrogen-bond acceptors (Lipinski definition) is 4. The van der Waals surface area contributed by atoms with Gasteiger partial charge in [-0.15, -0.1) is 0 Å². The Bertz CT molecular complexity index is 1000. The van der Waals surface area contributed by atoms with E-state index in [1.807, 2.05) is 54.6 Å². The van der Waals surface area contributed by atoms with Crippen molar-refractivity contribution in [3.63, 3.8) is 0 Å². The summed E-state index contributed by atoms with van der Waals surface area (Å²) >= 11 is 3.38. The number of amides is 2. The Kier molecular flexibility index (Phi) is 6.46. The van der Waals surface area contributed by atoms with Gasteiger partial charge in [0.25, 0.3) is 5.91 Å². The van der Waals surface area contributed by atoms with E-state index in [0.717, 1.165) is 10.0 Å². The van der Waals surface area contributed by atoms with Crippen LogP contribution >= 0.6 is 15.9 Å². The molecule has 7 nitrogen and oxygen atoms in total. The third-order valence-corrected chi connectivity index (χ3v) is 4.95. The average Bonchev–Trinajstić information content (AvgIpc) is 3.10. The van der Waals surface area contributed by atoms with Crippen molar-refractivity contribution < 1.29 is 14.7 Å². The van der Waals surface area contributed by atoms with E-state index in [2.05, 4.69) is 26.3 Å². The summed E-state index contributed by atoms with van der Waals surface area (Å²) in [6.07, 6.45) is -1.27. The Balaban J connectivity index is 1.88.